The van der Waals surface area contributed by atoms with Crippen LogP contribution >= 0.6 is 0 Å². The molecule has 0 aliphatic rings. The van der Waals surface area contributed by atoms with Crippen molar-refractivity contribution in [3.8, 4) is 6.07 Å². The number of nitrogens with zero attached hydrogens (tertiary/aromatic N) is 2. The number of hydrogen-bond donors (Lipinski definition) is 1. The molecule has 1 N–H and O–H groups in total. The van der Waals surface area contributed by atoms with Crippen molar-refractivity contribution in [1.29, 1.82) is 5.26 Å². The minimum atomic E-state index is -0.382. The highest BCUT2D eigenvalue weighted by Gasteiger charge is 2.19. The minimum absolute atomic E-state index is 0.154. The summed E-state index contributed by atoms with van der Waals surface area (Å²) in [4.78, 5) is 14.5. The molecule has 0 radical (unpaired) electrons. The van der Waals surface area contributed by atoms with Gasteiger partial charge in [0.25, 0.3) is 0 Å². The fourth-order valence-corrected chi connectivity index (χ4v) is 2.72. The van der Waals surface area contributed by atoms with E-state index in [-0.39, 0.29) is 11.9 Å². The molecule has 0 heterocycles. The summed E-state index contributed by atoms with van der Waals surface area (Å²) in [6, 6.07) is 23.0. The van der Waals surface area contributed by atoms with Gasteiger partial charge in [-0.3, -0.25) is 4.79 Å². The normalized spacial score (nSPS) is 11.6. The van der Waals surface area contributed by atoms with Gasteiger partial charge in [-0.25, -0.2) is 0 Å². The van der Waals surface area contributed by atoms with Gasteiger partial charge < -0.3 is 10.2 Å². The Balaban J connectivity index is 1.79. The average molecular weight is 329 g/mol. The van der Waals surface area contributed by atoms with Crippen molar-refractivity contribution in [2.75, 3.05) is 17.3 Å². The number of rotatable bonds is 4. The lowest BCUT2D eigenvalue weighted by atomic mass is 10.1. The lowest BCUT2D eigenvalue weighted by molar-refractivity contribution is -0.117. The van der Waals surface area contributed by atoms with E-state index in [2.05, 4.69) is 35.7 Å². The highest BCUT2D eigenvalue weighted by molar-refractivity contribution is 5.98. The number of fused-ring (bicyclic) bond motifs is 1. The molecule has 1 atom stereocenters. The number of nitrogens with one attached hydrogen (secondary N) is 1. The second-order valence-corrected chi connectivity index (χ2v) is 5.96. The van der Waals surface area contributed by atoms with E-state index < -0.39 is 0 Å². The van der Waals surface area contributed by atoms with Gasteiger partial charge in [0.05, 0.1) is 11.3 Å². The molecule has 0 fully saturated rings. The molecule has 4 nitrogen and oxygen atoms in total. The minimum Gasteiger partial charge on any atom is -0.363 e. The molecule has 3 aromatic rings. The van der Waals surface area contributed by atoms with Crippen LogP contribution in [0.15, 0.2) is 66.7 Å². The monoisotopic (exact) mass is 329 g/mol. The summed E-state index contributed by atoms with van der Waals surface area (Å²) in [5.74, 6) is -0.154. The summed E-state index contributed by atoms with van der Waals surface area (Å²) < 4.78 is 0. The Morgan fingerprint density at radius 3 is 2.48 bits per heavy atom. The zero-order valence-corrected chi connectivity index (χ0v) is 14.2. The predicted molar refractivity (Wildman–Crippen MR) is 102 cm³/mol. The third-order valence-corrected chi connectivity index (χ3v) is 4.41. The van der Waals surface area contributed by atoms with Crippen LogP contribution in [0.1, 0.15) is 12.5 Å². The summed E-state index contributed by atoms with van der Waals surface area (Å²) in [6.07, 6.45) is 0. The summed E-state index contributed by atoms with van der Waals surface area (Å²) in [7, 11) is 1.89. The van der Waals surface area contributed by atoms with E-state index in [0.29, 0.717) is 11.3 Å². The van der Waals surface area contributed by atoms with Gasteiger partial charge in [-0.1, -0.05) is 42.5 Å². The van der Waals surface area contributed by atoms with Crippen LogP contribution in [0.3, 0.4) is 0 Å². The Kier molecular flexibility index (Phi) is 4.67. The molecule has 0 aliphatic heterocycles. The molecular formula is C21H19N3O. The first-order chi connectivity index (χ1) is 12.1. The molecule has 0 unspecified atom stereocenters. The lowest BCUT2D eigenvalue weighted by Crippen LogP contribution is -2.39. The van der Waals surface area contributed by atoms with Crippen molar-refractivity contribution in [3.05, 3.63) is 72.3 Å². The van der Waals surface area contributed by atoms with E-state index in [1.807, 2.05) is 37.1 Å². The SMILES string of the molecule is C[C@H](C(=O)Nc1ccccc1C#N)N(C)c1ccc2ccccc2c1. The Morgan fingerprint density at radius 2 is 1.72 bits per heavy atom. The first-order valence-corrected chi connectivity index (χ1v) is 8.12. The van der Waals surface area contributed by atoms with E-state index >= 15 is 0 Å². The summed E-state index contributed by atoms with van der Waals surface area (Å²) in [5.41, 5.74) is 1.96. The van der Waals surface area contributed by atoms with Crippen LogP contribution in [0.5, 0.6) is 0 Å². The van der Waals surface area contributed by atoms with Gasteiger partial charge in [-0.05, 0) is 42.0 Å². The molecule has 1 amide bonds. The van der Waals surface area contributed by atoms with Crippen LogP contribution in [0, 0.1) is 11.3 Å². The average Bonchev–Trinajstić information content (AvgIpc) is 2.66. The van der Waals surface area contributed by atoms with Crippen molar-refractivity contribution >= 4 is 28.1 Å². The third kappa shape index (κ3) is 3.46. The van der Waals surface area contributed by atoms with Gasteiger partial charge in [0.1, 0.15) is 12.1 Å². The molecule has 3 aromatic carbocycles. The number of anilines is 2. The van der Waals surface area contributed by atoms with Crippen LogP contribution in [0.4, 0.5) is 11.4 Å². The maximum atomic E-state index is 12.6. The fourth-order valence-electron chi connectivity index (χ4n) is 2.72. The smallest absolute Gasteiger partial charge is 0.246 e. The lowest BCUT2D eigenvalue weighted by Gasteiger charge is -2.26. The molecule has 0 aliphatic carbocycles. The third-order valence-electron chi connectivity index (χ3n) is 4.41. The maximum absolute atomic E-state index is 12.6. The van der Waals surface area contributed by atoms with Gasteiger partial charge in [0, 0.05) is 12.7 Å². The highest BCUT2D eigenvalue weighted by Crippen LogP contribution is 2.23. The maximum Gasteiger partial charge on any atom is 0.246 e. The van der Waals surface area contributed by atoms with Crippen LogP contribution in [0.25, 0.3) is 10.8 Å². The molecular weight excluding hydrogens is 310 g/mol. The molecule has 0 aromatic heterocycles. The molecule has 0 bridgehead atoms. The number of para-hydroxylation sites is 1. The van der Waals surface area contributed by atoms with Crippen molar-refractivity contribution in [2.45, 2.75) is 13.0 Å². The Bertz CT molecular complexity index is 959. The van der Waals surface area contributed by atoms with Crippen molar-refractivity contribution in [3.63, 3.8) is 0 Å². The van der Waals surface area contributed by atoms with Crippen LogP contribution in [-0.4, -0.2) is 19.0 Å². The molecule has 25 heavy (non-hydrogen) atoms. The number of benzene rings is 3. The van der Waals surface area contributed by atoms with Gasteiger partial charge >= 0.3 is 0 Å². The first-order valence-electron chi connectivity index (χ1n) is 8.12. The highest BCUT2D eigenvalue weighted by atomic mass is 16.2. The molecule has 3 rings (SSSR count). The Morgan fingerprint density at radius 1 is 1.04 bits per heavy atom. The summed E-state index contributed by atoms with van der Waals surface area (Å²) in [6.45, 7) is 1.85. The van der Waals surface area contributed by atoms with E-state index in [0.717, 1.165) is 11.1 Å². The van der Waals surface area contributed by atoms with Gasteiger partial charge in [0.2, 0.25) is 5.91 Å². The number of likely N-dealkylation sites (N-methyl/N-ethyl adjacent to an activating group) is 1. The predicted octanol–water partition coefficient (Wildman–Crippen LogP) is 4.17. The summed E-state index contributed by atoms with van der Waals surface area (Å²) in [5, 5.41) is 14.3. The van der Waals surface area contributed by atoms with Crippen molar-refractivity contribution in [1.82, 2.24) is 0 Å². The van der Waals surface area contributed by atoms with Gasteiger partial charge in [-0.2, -0.15) is 5.26 Å². The van der Waals surface area contributed by atoms with Crippen LogP contribution < -0.4 is 10.2 Å². The largest absolute Gasteiger partial charge is 0.363 e. The second-order valence-electron chi connectivity index (χ2n) is 5.96. The van der Waals surface area contributed by atoms with E-state index in [1.165, 1.54) is 5.39 Å². The standard InChI is InChI=1S/C21H19N3O/c1-15(21(25)23-20-10-6-5-9-18(20)14-22)24(2)19-12-11-16-7-3-4-8-17(16)13-19/h3-13,15H,1-2H3,(H,23,25)/t15-/m1/s1. The fraction of sp³-hybridized carbons (Fsp3) is 0.143. The first kappa shape index (κ1) is 16.5. The quantitative estimate of drug-likeness (QED) is 0.781. The van der Waals surface area contributed by atoms with E-state index in [4.69, 9.17) is 5.26 Å². The van der Waals surface area contributed by atoms with Crippen molar-refractivity contribution < 1.29 is 4.79 Å². The number of carbonyl (C=O) groups excluding carboxylic acids is 1. The van der Waals surface area contributed by atoms with E-state index in [9.17, 15) is 4.79 Å². The Labute approximate surface area is 147 Å². The zero-order valence-electron chi connectivity index (χ0n) is 14.2. The number of nitriles is 1. The van der Waals surface area contributed by atoms with Gasteiger partial charge in [0.15, 0.2) is 0 Å². The molecule has 0 spiro atoms. The molecule has 0 saturated heterocycles. The van der Waals surface area contributed by atoms with E-state index in [1.54, 1.807) is 24.3 Å². The zero-order chi connectivity index (χ0) is 17.8. The van der Waals surface area contributed by atoms with Gasteiger partial charge in [-0.15, -0.1) is 0 Å². The number of amides is 1. The summed E-state index contributed by atoms with van der Waals surface area (Å²) >= 11 is 0. The second kappa shape index (κ2) is 7.06. The number of hydrogen-bond acceptors (Lipinski definition) is 3. The number of carbonyl (C=O) groups is 1. The molecule has 124 valence electrons. The van der Waals surface area contributed by atoms with Crippen molar-refractivity contribution in [2.24, 2.45) is 0 Å². The molecule has 0 saturated carbocycles. The van der Waals surface area contributed by atoms with Crippen LogP contribution in [0.2, 0.25) is 0 Å². The topological polar surface area (TPSA) is 56.1 Å². The van der Waals surface area contributed by atoms with Crippen LogP contribution in [-0.2, 0) is 4.79 Å². The Hall–Kier alpha value is -3.32. The molecule has 4 heteroatoms.